The van der Waals surface area contributed by atoms with Crippen LogP contribution < -0.4 is 10.6 Å². The molecule has 1 heterocycles. The summed E-state index contributed by atoms with van der Waals surface area (Å²) in [6.07, 6.45) is 8.24. The molecule has 0 saturated carbocycles. The monoisotopic (exact) mass is 312 g/mol. The second-order valence-electron chi connectivity index (χ2n) is 6.41. The number of nitrogens with one attached hydrogen (secondary N) is 2. The first kappa shape index (κ1) is 18.9. The Labute approximate surface area is 134 Å². The van der Waals surface area contributed by atoms with Gasteiger partial charge in [-0.2, -0.15) is 0 Å². The third-order valence-electron chi connectivity index (χ3n) is 4.45. The van der Waals surface area contributed by atoms with Crippen LogP contribution in [0.1, 0.15) is 71.6 Å². The number of aliphatic hydroxyl groups excluding tert-OH is 1. The molecule has 0 aromatic carbocycles. The highest BCUT2D eigenvalue weighted by molar-refractivity contribution is 5.88. The fraction of sp³-hybridized carbons (Fsp3) is 0.882. The van der Waals surface area contributed by atoms with Gasteiger partial charge in [0.1, 0.15) is 6.04 Å². The van der Waals surface area contributed by atoms with E-state index in [2.05, 4.69) is 17.6 Å². The number of rotatable bonds is 9. The van der Waals surface area contributed by atoms with Crippen molar-refractivity contribution in [3.8, 4) is 0 Å². The molecule has 1 aliphatic heterocycles. The average Bonchev–Trinajstić information content (AvgIpc) is 2.71. The van der Waals surface area contributed by atoms with Crippen LogP contribution in [0.2, 0.25) is 0 Å². The van der Waals surface area contributed by atoms with Crippen LogP contribution in [-0.2, 0) is 9.59 Å². The molecule has 1 fully saturated rings. The molecule has 1 rings (SSSR count). The zero-order valence-corrected chi connectivity index (χ0v) is 14.1. The molecule has 128 valence electrons. The minimum atomic E-state index is -0.629. The van der Waals surface area contributed by atoms with Crippen molar-refractivity contribution >= 4 is 11.8 Å². The van der Waals surface area contributed by atoms with Gasteiger partial charge >= 0.3 is 0 Å². The van der Waals surface area contributed by atoms with Gasteiger partial charge in [-0.3, -0.25) is 9.59 Å². The molecule has 0 aromatic rings. The molecule has 1 saturated heterocycles. The quantitative estimate of drug-likeness (QED) is 0.571. The predicted octanol–water partition coefficient (Wildman–Crippen LogP) is 2.13. The molecule has 0 radical (unpaired) electrons. The standard InChI is InChI=1S/C17H32N2O3/c1-3-4-5-6-7-11-15(20)13(2)16(21)19-14-10-8-9-12-18-17(14)22/h13-15,20H,3-12H2,1-2H3,(H,18,22)(H,19,21)/t13-,14-,15+/m0/s1. The van der Waals surface area contributed by atoms with Gasteiger partial charge in [-0.15, -0.1) is 0 Å². The average molecular weight is 312 g/mol. The minimum Gasteiger partial charge on any atom is -0.392 e. The number of carbonyl (C=O) groups is 2. The molecule has 0 aromatic heterocycles. The van der Waals surface area contributed by atoms with Crippen LogP contribution in [0.3, 0.4) is 0 Å². The van der Waals surface area contributed by atoms with E-state index < -0.39 is 18.1 Å². The van der Waals surface area contributed by atoms with Crippen molar-refractivity contribution in [1.29, 1.82) is 0 Å². The van der Waals surface area contributed by atoms with E-state index in [4.69, 9.17) is 0 Å². The second kappa shape index (κ2) is 10.6. The van der Waals surface area contributed by atoms with Gasteiger partial charge in [0.15, 0.2) is 0 Å². The summed E-state index contributed by atoms with van der Waals surface area (Å²) in [4.78, 5) is 24.0. The van der Waals surface area contributed by atoms with E-state index in [1.807, 2.05) is 0 Å². The van der Waals surface area contributed by atoms with Gasteiger partial charge in [-0.05, 0) is 25.7 Å². The Hall–Kier alpha value is -1.10. The first-order valence-corrected chi connectivity index (χ1v) is 8.82. The van der Waals surface area contributed by atoms with Gasteiger partial charge in [0.2, 0.25) is 11.8 Å². The van der Waals surface area contributed by atoms with Crippen LogP contribution in [-0.4, -0.2) is 35.6 Å². The first-order valence-electron chi connectivity index (χ1n) is 8.82. The Bertz CT molecular complexity index is 347. The maximum Gasteiger partial charge on any atom is 0.242 e. The van der Waals surface area contributed by atoms with Gasteiger partial charge in [0.05, 0.1) is 12.0 Å². The van der Waals surface area contributed by atoms with Crippen LogP contribution in [0.15, 0.2) is 0 Å². The molecule has 5 nitrogen and oxygen atoms in total. The molecule has 22 heavy (non-hydrogen) atoms. The molecule has 0 bridgehead atoms. The van der Waals surface area contributed by atoms with E-state index in [-0.39, 0.29) is 11.8 Å². The molecular weight excluding hydrogens is 280 g/mol. The fourth-order valence-electron chi connectivity index (χ4n) is 2.76. The number of carbonyl (C=O) groups excluding carboxylic acids is 2. The first-order chi connectivity index (χ1) is 10.6. The SMILES string of the molecule is CCCCCCC[C@@H](O)[C@H](C)C(=O)N[C@H]1CCCCNC1=O. The summed E-state index contributed by atoms with van der Waals surface area (Å²) in [6.45, 7) is 4.59. The van der Waals surface area contributed by atoms with Crippen molar-refractivity contribution in [3.05, 3.63) is 0 Å². The maximum absolute atomic E-state index is 12.2. The molecular formula is C17H32N2O3. The van der Waals surface area contributed by atoms with Gasteiger partial charge in [0.25, 0.3) is 0 Å². The zero-order chi connectivity index (χ0) is 16.4. The Morgan fingerprint density at radius 3 is 2.77 bits per heavy atom. The highest BCUT2D eigenvalue weighted by Gasteiger charge is 2.27. The van der Waals surface area contributed by atoms with Crippen molar-refractivity contribution in [3.63, 3.8) is 0 Å². The topological polar surface area (TPSA) is 78.4 Å². The highest BCUT2D eigenvalue weighted by Crippen LogP contribution is 2.14. The van der Waals surface area contributed by atoms with Gasteiger partial charge in [-0.25, -0.2) is 0 Å². The molecule has 1 aliphatic rings. The van der Waals surface area contributed by atoms with Crippen molar-refractivity contribution in [2.45, 2.75) is 83.8 Å². The van der Waals surface area contributed by atoms with Crippen molar-refractivity contribution in [2.75, 3.05) is 6.54 Å². The van der Waals surface area contributed by atoms with Gasteiger partial charge in [0, 0.05) is 6.54 Å². The highest BCUT2D eigenvalue weighted by atomic mass is 16.3. The summed E-state index contributed by atoms with van der Waals surface area (Å²) < 4.78 is 0. The molecule has 0 aliphatic carbocycles. The van der Waals surface area contributed by atoms with Crippen molar-refractivity contribution in [1.82, 2.24) is 10.6 Å². The lowest BCUT2D eigenvalue weighted by atomic mass is 9.97. The summed E-state index contributed by atoms with van der Waals surface area (Å²) in [5.41, 5.74) is 0. The van der Waals surface area contributed by atoms with E-state index in [1.54, 1.807) is 6.92 Å². The van der Waals surface area contributed by atoms with E-state index in [9.17, 15) is 14.7 Å². The largest absolute Gasteiger partial charge is 0.392 e. The Morgan fingerprint density at radius 1 is 1.32 bits per heavy atom. The third-order valence-corrected chi connectivity index (χ3v) is 4.45. The van der Waals surface area contributed by atoms with Crippen molar-refractivity contribution < 1.29 is 14.7 Å². The van der Waals surface area contributed by atoms with E-state index in [0.717, 1.165) is 25.7 Å². The van der Waals surface area contributed by atoms with Crippen LogP contribution in [0.25, 0.3) is 0 Å². The Balaban J connectivity index is 2.31. The number of hydrogen-bond acceptors (Lipinski definition) is 3. The number of unbranched alkanes of at least 4 members (excludes halogenated alkanes) is 4. The lowest BCUT2D eigenvalue weighted by Crippen LogP contribution is -2.48. The smallest absolute Gasteiger partial charge is 0.242 e. The van der Waals surface area contributed by atoms with Crippen LogP contribution in [0, 0.1) is 5.92 Å². The molecule has 0 unspecified atom stereocenters. The molecule has 5 heteroatoms. The number of hydrogen-bond donors (Lipinski definition) is 3. The summed E-state index contributed by atoms with van der Waals surface area (Å²) in [5.74, 6) is -0.794. The fourth-order valence-corrected chi connectivity index (χ4v) is 2.76. The van der Waals surface area contributed by atoms with Gasteiger partial charge < -0.3 is 15.7 Å². The number of aliphatic hydroxyl groups is 1. The molecule has 2 amide bonds. The third kappa shape index (κ3) is 6.77. The molecule has 3 N–H and O–H groups in total. The summed E-state index contributed by atoms with van der Waals surface area (Å²) in [5, 5.41) is 15.7. The van der Waals surface area contributed by atoms with Gasteiger partial charge in [-0.1, -0.05) is 46.0 Å². The normalized spacial score (nSPS) is 21.6. The van der Waals surface area contributed by atoms with E-state index in [1.165, 1.54) is 19.3 Å². The van der Waals surface area contributed by atoms with Crippen LogP contribution in [0.4, 0.5) is 0 Å². The van der Waals surface area contributed by atoms with Crippen LogP contribution in [0.5, 0.6) is 0 Å². The minimum absolute atomic E-state index is 0.105. The summed E-state index contributed by atoms with van der Waals surface area (Å²) >= 11 is 0. The summed E-state index contributed by atoms with van der Waals surface area (Å²) in [7, 11) is 0. The van der Waals surface area contributed by atoms with Crippen molar-refractivity contribution in [2.24, 2.45) is 5.92 Å². The maximum atomic E-state index is 12.2. The lowest BCUT2D eigenvalue weighted by Gasteiger charge is -2.22. The Morgan fingerprint density at radius 2 is 2.05 bits per heavy atom. The molecule has 0 spiro atoms. The lowest BCUT2D eigenvalue weighted by molar-refractivity contribution is -0.133. The van der Waals surface area contributed by atoms with E-state index >= 15 is 0 Å². The molecule has 3 atom stereocenters. The predicted molar refractivity (Wildman–Crippen MR) is 87.3 cm³/mol. The van der Waals surface area contributed by atoms with E-state index in [0.29, 0.717) is 19.4 Å². The number of amides is 2. The Kier molecular flexibility index (Phi) is 9.13. The van der Waals surface area contributed by atoms with Crippen LogP contribution >= 0.6 is 0 Å². The second-order valence-corrected chi connectivity index (χ2v) is 6.41. The summed E-state index contributed by atoms with van der Waals surface area (Å²) in [6, 6.07) is -0.450. The zero-order valence-electron chi connectivity index (χ0n) is 14.1.